The number of nitrogens with one attached hydrogen (secondary N) is 1. The van der Waals surface area contributed by atoms with E-state index in [9.17, 15) is 0 Å². The van der Waals surface area contributed by atoms with Crippen molar-refractivity contribution >= 4 is 21.8 Å². The van der Waals surface area contributed by atoms with Gasteiger partial charge in [-0.05, 0) is 35.0 Å². The predicted molar refractivity (Wildman–Crippen MR) is 87.8 cm³/mol. The van der Waals surface area contributed by atoms with Crippen LogP contribution in [0.5, 0.6) is 11.6 Å². The maximum Gasteiger partial charge on any atom is 0.223 e. The normalized spacial score (nSPS) is 15.6. The number of hydrogen-bond acceptors (Lipinski definition) is 4. The van der Waals surface area contributed by atoms with E-state index in [1.165, 1.54) is 0 Å². The van der Waals surface area contributed by atoms with Crippen LogP contribution in [-0.2, 0) is 4.74 Å². The second-order valence-electron chi connectivity index (χ2n) is 5.28. The first kappa shape index (κ1) is 15.0. The fourth-order valence-corrected chi connectivity index (χ4v) is 2.90. The molecule has 114 valence electrons. The SMILES string of the molecule is Cc1ccc2c(c1)C(COCC(=N)N)c1cc(Br)cnc1O2. The zero-order valence-electron chi connectivity index (χ0n) is 12.1. The molecule has 2 aromatic rings. The molecule has 0 bridgehead atoms. The number of ether oxygens (including phenoxy) is 2. The van der Waals surface area contributed by atoms with Crippen LogP contribution in [0, 0.1) is 12.3 Å². The van der Waals surface area contributed by atoms with Crippen molar-refractivity contribution < 1.29 is 9.47 Å². The zero-order valence-corrected chi connectivity index (χ0v) is 13.7. The van der Waals surface area contributed by atoms with Crippen LogP contribution in [0.1, 0.15) is 22.6 Å². The first-order valence-corrected chi connectivity index (χ1v) is 7.68. The number of hydrogen-bond donors (Lipinski definition) is 2. The van der Waals surface area contributed by atoms with Crippen molar-refractivity contribution in [1.82, 2.24) is 4.98 Å². The number of halogens is 1. The van der Waals surface area contributed by atoms with Crippen molar-refractivity contribution in [2.45, 2.75) is 12.8 Å². The van der Waals surface area contributed by atoms with Crippen LogP contribution in [0.2, 0.25) is 0 Å². The third-order valence-corrected chi connectivity index (χ3v) is 3.94. The highest BCUT2D eigenvalue weighted by Crippen LogP contribution is 2.44. The minimum Gasteiger partial charge on any atom is -0.438 e. The topological polar surface area (TPSA) is 81.2 Å². The first-order valence-electron chi connectivity index (χ1n) is 6.89. The smallest absolute Gasteiger partial charge is 0.223 e. The lowest BCUT2D eigenvalue weighted by molar-refractivity contribution is 0.159. The number of pyridine rings is 1. The van der Waals surface area contributed by atoms with E-state index < -0.39 is 0 Å². The van der Waals surface area contributed by atoms with Gasteiger partial charge in [-0.1, -0.05) is 17.7 Å². The van der Waals surface area contributed by atoms with Crippen molar-refractivity contribution in [1.29, 1.82) is 5.41 Å². The quantitative estimate of drug-likeness (QED) is 0.646. The molecule has 0 radical (unpaired) electrons. The number of amidine groups is 1. The van der Waals surface area contributed by atoms with Crippen LogP contribution >= 0.6 is 15.9 Å². The molecule has 1 aliphatic heterocycles. The fraction of sp³-hybridized carbons (Fsp3) is 0.250. The molecule has 1 atom stereocenters. The molecule has 1 unspecified atom stereocenters. The van der Waals surface area contributed by atoms with Gasteiger partial charge in [0.25, 0.3) is 0 Å². The molecule has 1 aliphatic rings. The molecule has 6 heteroatoms. The summed E-state index contributed by atoms with van der Waals surface area (Å²) >= 11 is 3.45. The summed E-state index contributed by atoms with van der Waals surface area (Å²) < 4.78 is 12.4. The number of aryl methyl sites for hydroxylation is 1. The average molecular weight is 362 g/mol. The molecule has 0 saturated carbocycles. The summed E-state index contributed by atoms with van der Waals surface area (Å²) in [6.45, 7) is 2.59. The minimum atomic E-state index is 0.00278. The van der Waals surface area contributed by atoms with Gasteiger partial charge in [0.1, 0.15) is 18.2 Å². The highest BCUT2D eigenvalue weighted by Gasteiger charge is 2.29. The number of fused-ring (bicyclic) bond motifs is 2. The predicted octanol–water partition coefficient (Wildman–Crippen LogP) is 3.34. The summed E-state index contributed by atoms with van der Waals surface area (Å²) in [7, 11) is 0. The van der Waals surface area contributed by atoms with E-state index in [1.807, 2.05) is 25.1 Å². The third kappa shape index (κ3) is 2.98. The lowest BCUT2D eigenvalue weighted by Crippen LogP contribution is -2.22. The number of aromatic nitrogens is 1. The van der Waals surface area contributed by atoms with E-state index in [0.29, 0.717) is 12.5 Å². The van der Waals surface area contributed by atoms with Gasteiger partial charge >= 0.3 is 0 Å². The summed E-state index contributed by atoms with van der Waals surface area (Å²) in [6.07, 6.45) is 1.71. The molecule has 5 nitrogen and oxygen atoms in total. The Hall–Kier alpha value is -1.92. The van der Waals surface area contributed by atoms with Gasteiger partial charge in [-0.2, -0.15) is 0 Å². The molecule has 22 heavy (non-hydrogen) atoms. The molecule has 2 heterocycles. The van der Waals surface area contributed by atoms with Crippen molar-refractivity contribution in [3.63, 3.8) is 0 Å². The molecule has 0 aliphatic carbocycles. The van der Waals surface area contributed by atoms with Gasteiger partial charge in [-0.3, -0.25) is 5.41 Å². The van der Waals surface area contributed by atoms with E-state index >= 15 is 0 Å². The Morgan fingerprint density at radius 2 is 2.23 bits per heavy atom. The maximum absolute atomic E-state index is 7.28. The Kier molecular flexibility index (Phi) is 4.13. The van der Waals surface area contributed by atoms with E-state index in [0.717, 1.165) is 26.9 Å². The summed E-state index contributed by atoms with van der Waals surface area (Å²) in [4.78, 5) is 4.34. The number of nitrogens with two attached hydrogens (primary N) is 1. The van der Waals surface area contributed by atoms with Crippen LogP contribution in [0.4, 0.5) is 0 Å². The van der Waals surface area contributed by atoms with Crippen LogP contribution in [-0.4, -0.2) is 24.0 Å². The minimum absolute atomic E-state index is 0.00278. The highest BCUT2D eigenvalue weighted by atomic mass is 79.9. The number of nitrogens with zero attached hydrogens (tertiary/aromatic N) is 1. The molecule has 0 fully saturated rings. The van der Waals surface area contributed by atoms with E-state index in [2.05, 4.69) is 27.0 Å². The Morgan fingerprint density at radius 3 is 3.00 bits per heavy atom. The molecular weight excluding hydrogens is 346 g/mol. The van der Waals surface area contributed by atoms with Gasteiger partial charge in [0.05, 0.1) is 6.61 Å². The van der Waals surface area contributed by atoms with Gasteiger partial charge in [0.2, 0.25) is 5.88 Å². The van der Waals surface area contributed by atoms with E-state index in [4.69, 9.17) is 20.6 Å². The molecule has 0 amide bonds. The van der Waals surface area contributed by atoms with Crippen molar-refractivity contribution in [3.05, 3.63) is 51.6 Å². The van der Waals surface area contributed by atoms with Crippen molar-refractivity contribution in [2.24, 2.45) is 5.73 Å². The van der Waals surface area contributed by atoms with Gasteiger partial charge in [-0.15, -0.1) is 0 Å². The molecular formula is C16H16BrN3O2. The Labute approximate surface area is 137 Å². The highest BCUT2D eigenvalue weighted by molar-refractivity contribution is 9.10. The standard InChI is InChI=1S/C16H16BrN3O2/c1-9-2-3-14-11(4-9)13(7-21-8-15(18)19)12-5-10(17)6-20-16(12)22-14/h2-6,13H,7-8H2,1H3,(H3,18,19). The second kappa shape index (κ2) is 6.06. The maximum atomic E-state index is 7.28. The van der Waals surface area contributed by atoms with Crippen LogP contribution in [0.3, 0.4) is 0 Å². The Morgan fingerprint density at radius 1 is 1.41 bits per heavy atom. The Balaban J connectivity index is 1.99. The van der Waals surface area contributed by atoms with Crippen LogP contribution in [0.25, 0.3) is 0 Å². The van der Waals surface area contributed by atoms with E-state index in [1.54, 1.807) is 6.20 Å². The summed E-state index contributed by atoms with van der Waals surface area (Å²) in [5.41, 5.74) is 8.55. The molecule has 3 rings (SSSR count). The molecule has 1 aromatic carbocycles. The molecule has 0 spiro atoms. The van der Waals surface area contributed by atoms with Crippen LogP contribution < -0.4 is 10.5 Å². The average Bonchev–Trinajstić information content (AvgIpc) is 2.47. The van der Waals surface area contributed by atoms with Crippen LogP contribution in [0.15, 0.2) is 34.9 Å². The van der Waals surface area contributed by atoms with Crippen molar-refractivity contribution in [2.75, 3.05) is 13.2 Å². The summed E-state index contributed by atoms with van der Waals surface area (Å²) in [6, 6.07) is 8.06. The molecule has 3 N–H and O–H groups in total. The molecule has 0 saturated heterocycles. The summed E-state index contributed by atoms with van der Waals surface area (Å²) in [5, 5.41) is 7.28. The zero-order chi connectivity index (χ0) is 15.7. The molecule has 1 aromatic heterocycles. The third-order valence-electron chi connectivity index (χ3n) is 3.51. The number of benzene rings is 1. The van der Waals surface area contributed by atoms with E-state index in [-0.39, 0.29) is 18.4 Å². The summed E-state index contributed by atoms with van der Waals surface area (Å²) in [5.74, 6) is 1.41. The lowest BCUT2D eigenvalue weighted by atomic mass is 9.89. The largest absolute Gasteiger partial charge is 0.438 e. The second-order valence-corrected chi connectivity index (χ2v) is 6.20. The first-order chi connectivity index (χ1) is 10.5. The lowest BCUT2D eigenvalue weighted by Gasteiger charge is -2.27. The fourth-order valence-electron chi connectivity index (χ4n) is 2.55. The van der Waals surface area contributed by atoms with Crippen molar-refractivity contribution in [3.8, 4) is 11.6 Å². The van der Waals surface area contributed by atoms with Gasteiger partial charge in [-0.25, -0.2) is 4.98 Å². The van der Waals surface area contributed by atoms with Gasteiger partial charge in [0.15, 0.2) is 0 Å². The number of rotatable bonds is 4. The van der Waals surface area contributed by atoms with Gasteiger partial charge < -0.3 is 15.2 Å². The Bertz CT molecular complexity index is 682. The monoisotopic (exact) mass is 361 g/mol. The van der Waals surface area contributed by atoms with Gasteiger partial charge in [0, 0.05) is 27.7 Å².